The Balaban J connectivity index is 2.31. The van der Waals surface area contributed by atoms with E-state index in [1.165, 1.54) is 11.1 Å². The lowest BCUT2D eigenvalue weighted by molar-refractivity contribution is 0.108. The monoisotopic (exact) mass is 372 g/mol. The lowest BCUT2D eigenvalue weighted by Crippen LogP contribution is -2.31. The van der Waals surface area contributed by atoms with Gasteiger partial charge < -0.3 is 4.74 Å². The first-order chi connectivity index (χ1) is 10.8. The predicted molar refractivity (Wildman–Crippen MR) is 96.7 cm³/mol. The Morgan fingerprint density at radius 1 is 1.09 bits per heavy atom. The Kier molecular flexibility index (Phi) is 3.88. The highest BCUT2D eigenvalue weighted by atomic mass is 79.9. The molecule has 23 heavy (non-hydrogen) atoms. The molecule has 0 bridgehead atoms. The molecule has 2 aromatic rings. The zero-order valence-corrected chi connectivity index (χ0v) is 15.7. The minimum atomic E-state index is -0.395. The van der Waals surface area contributed by atoms with E-state index in [4.69, 9.17) is 4.74 Å². The molecule has 1 heterocycles. The number of hydrogen-bond donors (Lipinski definition) is 0. The van der Waals surface area contributed by atoms with E-state index >= 15 is 0 Å². The normalized spacial score (nSPS) is 18.4. The molecule has 0 saturated heterocycles. The van der Waals surface area contributed by atoms with E-state index in [0.29, 0.717) is 5.56 Å². The van der Waals surface area contributed by atoms with Gasteiger partial charge in [0.25, 0.3) is 0 Å². The molecule has 0 fully saturated rings. The summed E-state index contributed by atoms with van der Waals surface area (Å²) in [6.45, 7) is 10.3. The summed E-state index contributed by atoms with van der Waals surface area (Å²) in [5.41, 5.74) is 5.93. The van der Waals surface area contributed by atoms with Crippen molar-refractivity contribution in [2.45, 2.75) is 46.1 Å². The summed E-state index contributed by atoms with van der Waals surface area (Å²) in [4.78, 5) is 11.6. The molecule has 1 atom stereocenters. The Hall–Kier alpha value is -1.61. The van der Waals surface area contributed by atoms with E-state index in [1.807, 2.05) is 6.92 Å². The van der Waals surface area contributed by atoms with E-state index < -0.39 is 5.60 Å². The Bertz CT molecular complexity index is 789. The number of hydrogen-bond acceptors (Lipinski definition) is 2. The maximum atomic E-state index is 11.6. The first-order valence-electron chi connectivity index (χ1n) is 7.81. The van der Waals surface area contributed by atoms with Crippen LogP contribution in [0.5, 0.6) is 5.75 Å². The van der Waals surface area contributed by atoms with Crippen molar-refractivity contribution in [1.82, 2.24) is 0 Å². The van der Waals surface area contributed by atoms with Crippen LogP contribution in [-0.4, -0.2) is 11.9 Å². The van der Waals surface area contributed by atoms with Gasteiger partial charge in [0, 0.05) is 10.0 Å². The number of aldehydes is 1. The average Bonchev–Trinajstić information content (AvgIpc) is 2.78. The number of halogens is 1. The van der Waals surface area contributed by atoms with Crippen LogP contribution in [-0.2, 0) is 0 Å². The fourth-order valence-corrected chi connectivity index (χ4v) is 4.03. The number of aryl methyl sites for hydroxylation is 1. The molecule has 3 heteroatoms. The van der Waals surface area contributed by atoms with Gasteiger partial charge in [-0.1, -0.05) is 45.8 Å². The lowest BCUT2D eigenvalue weighted by atomic mass is 9.79. The highest BCUT2D eigenvalue weighted by molar-refractivity contribution is 9.10. The third-order valence-corrected chi connectivity index (χ3v) is 6.02. The molecule has 3 rings (SSSR count). The molecule has 2 nitrogen and oxygen atoms in total. The lowest BCUT2D eigenvalue weighted by Gasteiger charge is -2.27. The summed E-state index contributed by atoms with van der Waals surface area (Å²) in [5.74, 6) is 0.850. The number of carbonyl (C=O) groups excluding carboxylic acids is 1. The Labute approximate surface area is 146 Å². The highest BCUT2D eigenvalue weighted by Gasteiger charge is 2.45. The summed E-state index contributed by atoms with van der Waals surface area (Å²) < 4.78 is 7.28. The number of benzene rings is 2. The molecule has 0 amide bonds. The van der Waals surface area contributed by atoms with Crippen LogP contribution in [0.3, 0.4) is 0 Å². The molecule has 1 aliphatic rings. The van der Waals surface area contributed by atoms with Gasteiger partial charge in [0.15, 0.2) is 6.29 Å². The van der Waals surface area contributed by atoms with E-state index in [0.717, 1.165) is 33.2 Å². The molecule has 0 spiro atoms. The minimum Gasteiger partial charge on any atom is -0.486 e. The zero-order chi connectivity index (χ0) is 16.9. The van der Waals surface area contributed by atoms with Crippen LogP contribution in [0.25, 0.3) is 0 Å². The van der Waals surface area contributed by atoms with Gasteiger partial charge in [-0.05, 0) is 51.3 Å². The molecular formula is C20H21BrO2. The SMILES string of the molecule is Cc1ccc(C2c3c(C)c(Br)c(C)c(C=O)c3OC2(C)C)cc1. The van der Waals surface area contributed by atoms with Crippen LogP contribution < -0.4 is 4.74 Å². The van der Waals surface area contributed by atoms with Gasteiger partial charge in [-0.3, -0.25) is 4.79 Å². The van der Waals surface area contributed by atoms with E-state index in [9.17, 15) is 4.79 Å². The fraction of sp³-hybridized carbons (Fsp3) is 0.350. The largest absolute Gasteiger partial charge is 0.486 e. The van der Waals surface area contributed by atoms with Crippen LogP contribution in [0.1, 0.15) is 57.9 Å². The summed E-state index contributed by atoms with van der Waals surface area (Å²) in [5, 5.41) is 0. The van der Waals surface area contributed by atoms with Crippen LogP contribution >= 0.6 is 15.9 Å². The number of fused-ring (bicyclic) bond motifs is 1. The molecular weight excluding hydrogens is 352 g/mol. The first kappa shape index (κ1) is 16.3. The second-order valence-electron chi connectivity index (χ2n) is 6.89. The quantitative estimate of drug-likeness (QED) is 0.651. The molecule has 2 aromatic carbocycles. The molecule has 0 aliphatic carbocycles. The van der Waals surface area contributed by atoms with Gasteiger partial charge in [0.05, 0.1) is 11.5 Å². The van der Waals surface area contributed by atoms with Crippen molar-refractivity contribution in [3.05, 3.63) is 62.1 Å². The van der Waals surface area contributed by atoms with E-state index in [2.05, 4.69) is 67.9 Å². The number of carbonyl (C=O) groups is 1. The first-order valence-corrected chi connectivity index (χ1v) is 8.60. The third-order valence-electron chi connectivity index (χ3n) is 4.83. The number of rotatable bonds is 2. The second-order valence-corrected chi connectivity index (χ2v) is 7.68. The third kappa shape index (κ3) is 2.42. The van der Waals surface area contributed by atoms with Crippen molar-refractivity contribution in [2.75, 3.05) is 0 Å². The van der Waals surface area contributed by atoms with Crippen molar-refractivity contribution >= 4 is 22.2 Å². The smallest absolute Gasteiger partial charge is 0.154 e. The maximum Gasteiger partial charge on any atom is 0.154 e. The summed E-state index contributed by atoms with van der Waals surface area (Å²) in [7, 11) is 0. The molecule has 0 radical (unpaired) electrons. The van der Waals surface area contributed by atoms with Gasteiger partial charge in [-0.15, -0.1) is 0 Å². The van der Waals surface area contributed by atoms with Crippen LogP contribution in [0.15, 0.2) is 28.7 Å². The average molecular weight is 373 g/mol. The predicted octanol–water partition coefficient (Wildman–Crippen LogP) is 5.49. The van der Waals surface area contributed by atoms with Crippen LogP contribution in [0.2, 0.25) is 0 Å². The van der Waals surface area contributed by atoms with Gasteiger partial charge in [0.2, 0.25) is 0 Å². The standard InChI is InChI=1S/C20H21BrO2/c1-11-6-8-14(9-7-11)17-16-13(3)18(21)12(2)15(10-22)19(16)23-20(17,4)5/h6-10,17H,1-5H3. The molecule has 0 aromatic heterocycles. The molecule has 0 saturated carbocycles. The van der Waals surface area contributed by atoms with Crippen molar-refractivity contribution in [3.63, 3.8) is 0 Å². The Morgan fingerprint density at radius 3 is 2.26 bits per heavy atom. The van der Waals surface area contributed by atoms with Crippen LogP contribution in [0.4, 0.5) is 0 Å². The maximum absolute atomic E-state index is 11.6. The zero-order valence-electron chi connectivity index (χ0n) is 14.2. The van der Waals surface area contributed by atoms with Gasteiger partial charge >= 0.3 is 0 Å². The molecule has 1 unspecified atom stereocenters. The van der Waals surface area contributed by atoms with E-state index in [-0.39, 0.29) is 5.92 Å². The van der Waals surface area contributed by atoms with Crippen molar-refractivity contribution in [2.24, 2.45) is 0 Å². The topological polar surface area (TPSA) is 26.3 Å². The number of ether oxygens (including phenoxy) is 1. The summed E-state index contributed by atoms with van der Waals surface area (Å²) in [6.07, 6.45) is 0.909. The summed E-state index contributed by atoms with van der Waals surface area (Å²) >= 11 is 3.66. The highest BCUT2D eigenvalue weighted by Crippen LogP contribution is 2.53. The minimum absolute atomic E-state index is 0.105. The van der Waals surface area contributed by atoms with Crippen molar-refractivity contribution in [3.8, 4) is 5.75 Å². The van der Waals surface area contributed by atoms with Crippen molar-refractivity contribution in [1.29, 1.82) is 0 Å². The van der Waals surface area contributed by atoms with Crippen molar-refractivity contribution < 1.29 is 9.53 Å². The fourth-order valence-electron chi connectivity index (χ4n) is 3.60. The van der Waals surface area contributed by atoms with Gasteiger partial charge in [0.1, 0.15) is 11.4 Å². The second kappa shape index (κ2) is 5.48. The molecule has 0 N–H and O–H groups in total. The molecule has 120 valence electrons. The molecule has 1 aliphatic heterocycles. The Morgan fingerprint density at radius 2 is 1.70 bits per heavy atom. The summed E-state index contributed by atoms with van der Waals surface area (Å²) in [6, 6.07) is 8.58. The van der Waals surface area contributed by atoms with Gasteiger partial charge in [-0.2, -0.15) is 0 Å². The van der Waals surface area contributed by atoms with E-state index in [1.54, 1.807) is 0 Å². The van der Waals surface area contributed by atoms with Crippen LogP contribution in [0, 0.1) is 20.8 Å². The van der Waals surface area contributed by atoms with Gasteiger partial charge in [-0.25, -0.2) is 0 Å².